The Morgan fingerprint density at radius 1 is 1.44 bits per heavy atom. The van der Waals surface area contributed by atoms with Crippen LogP contribution in [0.2, 0.25) is 0 Å². The Morgan fingerprint density at radius 3 is 3.06 bits per heavy atom. The molecule has 3 N–H and O–H groups in total. The predicted molar refractivity (Wildman–Crippen MR) is 64.9 cm³/mol. The van der Waals surface area contributed by atoms with Gasteiger partial charge in [0, 0.05) is 6.61 Å². The van der Waals surface area contributed by atoms with Gasteiger partial charge in [0.25, 0.3) is 0 Å². The summed E-state index contributed by atoms with van der Waals surface area (Å²) in [6.45, 7) is 0.0190. The van der Waals surface area contributed by atoms with Gasteiger partial charge in [-0.15, -0.1) is 0 Å². The number of rotatable bonds is 4. The van der Waals surface area contributed by atoms with E-state index >= 15 is 0 Å². The normalized spacial score (nSPS) is 19.1. The number of aliphatic hydroxyl groups is 1. The molecule has 18 heavy (non-hydrogen) atoms. The van der Waals surface area contributed by atoms with E-state index in [0.29, 0.717) is 18.1 Å². The number of nitrogens with zero attached hydrogens (tertiary/aromatic N) is 2. The van der Waals surface area contributed by atoms with Crippen molar-refractivity contribution in [2.24, 2.45) is 5.73 Å². The van der Waals surface area contributed by atoms with E-state index in [0.717, 1.165) is 6.42 Å². The van der Waals surface area contributed by atoms with E-state index in [1.807, 2.05) is 12.1 Å². The molecule has 0 fully saturated rings. The Bertz CT molecular complexity index is 553. The number of nitrogens with two attached hydrogens (primary N) is 1. The van der Waals surface area contributed by atoms with Crippen LogP contribution < -0.4 is 5.73 Å². The molecule has 2 unspecified atom stereocenters. The molecule has 2 aromatic rings. The van der Waals surface area contributed by atoms with Crippen LogP contribution in [0.15, 0.2) is 28.8 Å². The molecular formula is C13H15N3O2. The molecular weight excluding hydrogens is 230 g/mol. The first kappa shape index (κ1) is 11.4. The number of hydrogen-bond donors (Lipinski definition) is 2. The third kappa shape index (κ3) is 1.81. The molecule has 2 atom stereocenters. The van der Waals surface area contributed by atoms with Gasteiger partial charge in [0.15, 0.2) is 5.82 Å². The van der Waals surface area contributed by atoms with E-state index in [1.165, 1.54) is 11.1 Å². The smallest absolute Gasteiger partial charge is 0.243 e. The van der Waals surface area contributed by atoms with Crippen LogP contribution in [0, 0.1) is 0 Å². The summed E-state index contributed by atoms with van der Waals surface area (Å²) < 4.78 is 5.15. The second kappa shape index (κ2) is 4.51. The molecule has 1 aliphatic rings. The van der Waals surface area contributed by atoms with E-state index in [1.54, 1.807) is 0 Å². The lowest BCUT2D eigenvalue weighted by atomic mass is 9.77. The summed E-state index contributed by atoms with van der Waals surface area (Å²) >= 11 is 0. The van der Waals surface area contributed by atoms with Crippen molar-refractivity contribution in [1.82, 2.24) is 10.1 Å². The van der Waals surface area contributed by atoms with Crippen molar-refractivity contribution in [3.63, 3.8) is 0 Å². The van der Waals surface area contributed by atoms with Gasteiger partial charge in [0.2, 0.25) is 5.89 Å². The molecule has 94 valence electrons. The second-order valence-corrected chi connectivity index (χ2v) is 4.57. The maximum atomic E-state index is 8.83. The minimum atomic E-state index is -0.383. The Hall–Kier alpha value is -1.72. The predicted octanol–water partition coefficient (Wildman–Crippen LogP) is 1.14. The number of benzene rings is 1. The highest BCUT2D eigenvalue weighted by molar-refractivity contribution is 5.43. The van der Waals surface area contributed by atoms with Crippen LogP contribution in [0.5, 0.6) is 0 Å². The summed E-state index contributed by atoms with van der Waals surface area (Å²) in [6, 6.07) is 7.88. The lowest BCUT2D eigenvalue weighted by Gasteiger charge is -2.27. The molecule has 0 saturated carbocycles. The van der Waals surface area contributed by atoms with Gasteiger partial charge in [-0.25, -0.2) is 0 Å². The number of aromatic nitrogens is 2. The topological polar surface area (TPSA) is 85.2 Å². The van der Waals surface area contributed by atoms with Gasteiger partial charge in [-0.3, -0.25) is 0 Å². The molecule has 5 heteroatoms. The van der Waals surface area contributed by atoms with Gasteiger partial charge in [-0.2, -0.15) is 4.98 Å². The fourth-order valence-electron chi connectivity index (χ4n) is 2.29. The van der Waals surface area contributed by atoms with Crippen molar-refractivity contribution >= 4 is 0 Å². The summed E-state index contributed by atoms with van der Waals surface area (Å²) in [5.74, 6) is 1.32. The van der Waals surface area contributed by atoms with Crippen molar-refractivity contribution in [3.05, 3.63) is 47.1 Å². The number of hydrogen-bond acceptors (Lipinski definition) is 5. The van der Waals surface area contributed by atoms with E-state index < -0.39 is 0 Å². The standard InChI is InChI=1S/C13H15N3O2/c14-11(5-6-17)13-15-12(16-18-13)10-7-8-3-1-2-4-9(8)10/h1-4,10-11,17H,5-7,14H2. The first-order valence-corrected chi connectivity index (χ1v) is 6.07. The molecule has 0 bridgehead atoms. The molecule has 0 amide bonds. The monoisotopic (exact) mass is 245 g/mol. The highest BCUT2D eigenvalue weighted by atomic mass is 16.5. The molecule has 0 aliphatic heterocycles. The van der Waals surface area contributed by atoms with Crippen LogP contribution in [-0.4, -0.2) is 21.9 Å². The Labute approximate surface area is 105 Å². The average Bonchev–Trinajstić information content (AvgIpc) is 2.80. The maximum Gasteiger partial charge on any atom is 0.243 e. The van der Waals surface area contributed by atoms with Crippen molar-refractivity contribution in [2.45, 2.75) is 24.8 Å². The lowest BCUT2D eigenvalue weighted by molar-refractivity contribution is 0.259. The van der Waals surface area contributed by atoms with Gasteiger partial charge in [0.05, 0.1) is 12.0 Å². The van der Waals surface area contributed by atoms with Crippen LogP contribution in [0.25, 0.3) is 0 Å². The van der Waals surface area contributed by atoms with Crippen molar-refractivity contribution in [2.75, 3.05) is 6.61 Å². The molecule has 5 nitrogen and oxygen atoms in total. The highest BCUT2D eigenvalue weighted by Gasteiger charge is 2.31. The summed E-state index contributed by atoms with van der Waals surface area (Å²) in [7, 11) is 0. The van der Waals surface area contributed by atoms with Crippen LogP contribution >= 0.6 is 0 Å². The first-order valence-electron chi connectivity index (χ1n) is 6.07. The SMILES string of the molecule is NC(CCO)c1nc(C2Cc3ccccc32)no1. The quantitative estimate of drug-likeness (QED) is 0.843. The molecule has 0 radical (unpaired) electrons. The second-order valence-electron chi connectivity index (χ2n) is 4.57. The van der Waals surface area contributed by atoms with Crippen LogP contribution in [0.4, 0.5) is 0 Å². The van der Waals surface area contributed by atoms with Crippen LogP contribution in [0.1, 0.15) is 41.2 Å². The third-order valence-corrected chi connectivity index (χ3v) is 3.38. The van der Waals surface area contributed by atoms with Crippen LogP contribution in [-0.2, 0) is 6.42 Å². The van der Waals surface area contributed by atoms with Crippen molar-refractivity contribution in [1.29, 1.82) is 0 Å². The zero-order valence-electron chi connectivity index (χ0n) is 9.91. The fraction of sp³-hybridized carbons (Fsp3) is 0.385. The van der Waals surface area contributed by atoms with Gasteiger partial charge >= 0.3 is 0 Å². The summed E-state index contributed by atoms with van der Waals surface area (Å²) in [5, 5.41) is 12.8. The third-order valence-electron chi connectivity index (χ3n) is 3.38. The van der Waals surface area contributed by atoms with Crippen molar-refractivity contribution < 1.29 is 9.63 Å². The van der Waals surface area contributed by atoms with Gasteiger partial charge in [-0.05, 0) is 24.0 Å². The summed E-state index contributed by atoms with van der Waals surface area (Å²) in [4.78, 5) is 4.34. The Balaban J connectivity index is 1.80. The highest BCUT2D eigenvalue weighted by Crippen LogP contribution is 2.38. The minimum Gasteiger partial charge on any atom is -0.396 e. The van der Waals surface area contributed by atoms with Crippen LogP contribution in [0.3, 0.4) is 0 Å². The van der Waals surface area contributed by atoms with E-state index in [4.69, 9.17) is 15.4 Å². The van der Waals surface area contributed by atoms with E-state index in [9.17, 15) is 0 Å². The van der Waals surface area contributed by atoms with Crippen molar-refractivity contribution in [3.8, 4) is 0 Å². The molecule has 0 spiro atoms. The molecule has 3 rings (SSSR count). The lowest BCUT2D eigenvalue weighted by Crippen LogP contribution is -2.19. The number of fused-ring (bicyclic) bond motifs is 1. The molecule has 1 aliphatic carbocycles. The van der Waals surface area contributed by atoms with E-state index in [2.05, 4.69) is 22.3 Å². The zero-order chi connectivity index (χ0) is 12.5. The Morgan fingerprint density at radius 2 is 2.28 bits per heavy atom. The number of aliphatic hydroxyl groups excluding tert-OH is 1. The van der Waals surface area contributed by atoms with Gasteiger partial charge in [0.1, 0.15) is 0 Å². The Kier molecular flexibility index (Phi) is 2.85. The summed E-state index contributed by atoms with van der Waals surface area (Å²) in [6.07, 6.45) is 1.38. The maximum absolute atomic E-state index is 8.83. The van der Waals surface area contributed by atoms with Gasteiger partial charge in [-0.1, -0.05) is 29.4 Å². The minimum absolute atomic E-state index is 0.0190. The zero-order valence-corrected chi connectivity index (χ0v) is 9.91. The van der Waals surface area contributed by atoms with E-state index in [-0.39, 0.29) is 18.6 Å². The largest absolute Gasteiger partial charge is 0.396 e. The molecule has 1 aromatic carbocycles. The first-order chi connectivity index (χ1) is 8.79. The summed E-state index contributed by atoms with van der Waals surface area (Å²) in [5.41, 5.74) is 8.42. The fourth-order valence-corrected chi connectivity index (χ4v) is 2.29. The molecule has 1 heterocycles. The molecule has 1 aromatic heterocycles. The average molecular weight is 245 g/mol. The van der Waals surface area contributed by atoms with Gasteiger partial charge < -0.3 is 15.4 Å². The molecule has 0 saturated heterocycles.